The van der Waals surface area contributed by atoms with Gasteiger partial charge in [-0.1, -0.05) is 66.2 Å². The van der Waals surface area contributed by atoms with Crippen LogP contribution in [-0.2, 0) is 9.59 Å². The lowest BCUT2D eigenvalue weighted by Gasteiger charge is -2.22. The SMILES string of the molecule is Cc1cccc(Cl)c1NC(=O)CN1C(=O)CC(c2ccccc2)=Nc2ccccc21. The highest BCUT2D eigenvalue weighted by Crippen LogP contribution is 2.33. The van der Waals surface area contributed by atoms with E-state index in [9.17, 15) is 9.59 Å². The van der Waals surface area contributed by atoms with Gasteiger partial charge in [0.1, 0.15) is 6.54 Å². The zero-order valence-electron chi connectivity index (χ0n) is 16.4. The number of anilines is 2. The quantitative estimate of drug-likeness (QED) is 0.638. The van der Waals surface area contributed by atoms with E-state index in [2.05, 4.69) is 5.32 Å². The van der Waals surface area contributed by atoms with E-state index >= 15 is 0 Å². The van der Waals surface area contributed by atoms with Crippen LogP contribution < -0.4 is 10.2 Å². The molecule has 6 heteroatoms. The van der Waals surface area contributed by atoms with Crippen LogP contribution >= 0.6 is 11.6 Å². The third kappa shape index (κ3) is 4.11. The summed E-state index contributed by atoms with van der Waals surface area (Å²) in [7, 11) is 0. The van der Waals surface area contributed by atoms with Crippen molar-refractivity contribution in [1.82, 2.24) is 0 Å². The number of rotatable bonds is 4. The Kier molecular flexibility index (Phi) is 5.63. The number of aryl methyl sites for hydroxylation is 1. The first-order valence-electron chi connectivity index (χ1n) is 9.60. The number of benzene rings is 3. The molecule has 0 aliphatic carbocycles. The number of para-hydroxylation sites is 3. The molecule has 3 aromatic rings. The summed E-state index contributed by atoms with van der Waals surface area (Å²) in [5.74, 6) is -0.508. The van der Waals surface area contributed by atoms with E-state index in [0.717, 1.165) is 11.1 Å². The largest absolute Gasteiger partial charge is 0.323 e. The Morgan fingerprint density at radius 1 is 1.03 bits per heavy atom. The van der Waals surface area contributed by atoms with E-state index < -0.39 is 0 Å². The Morgan fingerprint density at radius 2 is 1.77 bits per heavy atom. The normalized spacial score (nSPS) is 13.3. The summed E-state index contributed by atoms with van der Waals surface area (Å²) in [4.78, 5) is 32.1. The molecule has 0 saturated heterocycles. The van der Waals surface area contributed by atoms with Gasteiger partial charge < -0.3 is 10.2 Å². The Labute approximate surface area is 180 Å². The minimum Gasteiger partial charge on any atom is -0.323 e. The number of hydrogen-bond donors (Lipinski definition) is 1. The van der Waals surface area contributed by atoms with Crippen molar-refractivity contribution >= 4 is 46.2 Å². The second kappa shape index (κ2) is 8.51. The van der Waals surface area contributed by atoms with Crippen LogP contribution in [0, 0.1) is 6.92 Å². The van der Waals surface area contributed by atoms with Crippen molar-refractivity contribution in [2.75, 3.05) is 16.8 Å². The number of carbonyl (C=O) groups excluding carboxylic acids is 2. The number of aliphatic imine (C=N–C) groups is 1. The summed E-state index contributed by atoms with van der Waals surface area (Å²) < 4.78 is 0. The van der Waals surface area contributed by atoms with Gasteiger partial charge in [0.05, 0.1) is 34.2 Å². The van der Waals surface area contributed by atoms with E-state index in [-0.39, 0.29) is 24.8 Å². The molecule has 2 amide bonds. The van der Waals surface area contributed by atoms with E-state index in [1.54, 1.807) is 12.1 Å². The molecule has 3 aromatic carbocycles. The second-order valence-corrected chi connectivity index (χ2v) is 7.46. The Balaban J connectivity index is 1.62. The summed E-state index contributed by atoms with van der Waals surface area (Å²) in [6, 6.07) is 22.4. The van der Waals surface area contributed by atoms with Crippen molar-refractivity contribution in [3.63, 3.8) is 0 Å². The average Bonchev–Trinajstić information content (AvgIpc) is 2.88. The Morgan fingerprint density at radius 3 is 2.53 bits per heavy atom. The van der Waals surface area contributed by atoms with E-state index in [1.165, 1.54) is 4.90 Å². The lowest BCUT2D eigenvalue weighted by atomic mass is 10.1. The lowest BCUT2D eigenvalue weighted by Crippen LogP contribution is -2.38. The fourth-order valence-electron chi connectivity index (χ4n) is 3.43. The maximum Gasteiger partial charge on any atom is 0.244 e. The molecule has 1 N–H and O–H groups in total. The molecule has 1 aliphatic heterocycles. The summed E-state index contributed by atoms with van der Waals surface area (Å²) >= 11 is 6.23. The Hall–Kier alpha value is -3.44. The molecule has 1 aliphatic rings. The van der Waals surface area contributed by atoms with Crippen molar-refractivity contribution in [1.29, 1.82) is 0 Å². The molecule has 5 nitrogen and oxygen atoms in total. The fourth-order valence-corrected chi connectivity index (χ4v) is 3.70. The molecule has 0 saturated carbocycles. The van der Waals surface area contributed by atoms with Gasteiger partial charge in [-0.2, -0.15) is 0 Å². The highest BCUT2D eigenvalue weighted by atomic mass is 35.5. The molecule has 0 spiro atoms. The number of amides is 2. The first-order chi connectivity index (χ1) is 14.5. The van der Waals surface area contributed by atoms with Gasteiger partial charge in [-0.3, -0.25) is 14.6 Å². The van der Waals surface area contributed by atoms with Crippen LogP contribution in [0.5, 0.6) is 0 Å². The molecule has 1 heterocycles. The fraction of sp³-hybridized carbons (Fsp3) is 0.125. The first-order valence-corrected chi connectivity index (χ1v) is 9.98. The predicted octanol–water partition coefficient (Wildman–Crippen LogP) is 5.14. The minimum atomic E-state index is -0.322. The summed E-state index contributed by atoms with van der Waals surface area (Å²) in [5, 5.41) is 3.30. The molecule has 0 fully saturated rings. The van der Waals surface area contributed by atoms with Gasteiger partial charge in [0.15, 0.2) is 0 Å². The van der Waals surface area contributed by atoms with Crippen LogP contribution in [0.2, 0.25) is 5.02 Å². The van der Waals surface area contributed by atoms with Crippen LogP contribution in [0.4, 0.5) is 17.1 Å². The van der Waals surface area contributed by atoms with Crippen molar-refractivity contribution < 1.29 is 9.59 Å². The molecular formula is C24H20ClN3O2. The van der Waals surface area contributed by atoms with Crippen molar-refractivity contribution in [3.05, 3.63) is 88.9 Å². The molecule has 0 bridgehead atoms. The number of halogens is 1. The molecule has 0 radical (unpaired) electrons. The van der Waals surface area contributed by atoms with Crippen molar-refractivity contribution in [2.45, 2.75) is 13.3 Å². The van der Waals surface area contributed by atoms with Gasteiger partial charge in [0.25, 0.3) is 0 Å². The Bertz CT molecular complexity index is 1120. The monoisotopic (exact) mass is 417 g/mol. The minimum absolute atomic E-state index is 0.108. The van der Waals surface area contributed by atoms with Crippen LogP contribution in [0.15, 0.2) is 77.8 Å². The van der Waals surface area contributed by atoms with Gasteiger partial charge >= 0.3 is 0 Å². The van der Waals surface area contributed by atoms with Gasteiger partial charge in [0, 0.05) is 0 Å². The lowest BCUT2D eigenvalue weighted by molar-refractivity contribution is -0.120. The van der Waals surface area contributed by atoms with Crippen molar-refractivity contribution in [3.8, 4) is 0 Å². The summed E-state index contributed by atoms with van der Waals surface area (Å²) in [6.45, 7) is 1.74. The van der Waals surface area contributed by atoms with Gasteiger partial charge in [-0.05, 0) is 36.2 Å². The number of nitrogens with zero attached hydrogens (tertiary/aromatic N) is 2. The van der Waals surface area contributed by atoms with E-state index in [4.69, 9.17) is 16.6 Å². The first kappa shape index (κ1) is 19.9. The molecule has 0 unspecified atom stereocenters. The second-order valence-electron chi connectivity index (χ2n) is 7.05. The number of fused-ring (bicyclic) bond motifs is 1. The van der Waals surface area contributed by atoms with Gasteiger partial charge in [-0.15, -0.1) is 0 Å². The maximum absolute atomic E-state index is 13.1. The van der Waals surface area contributed by atoms with Gasteiger partial charge in [-0.25, -0.2) is 0 Å². The maximum atomic E-state index is 13.1. The molecule has 0 aromatic heterocycles. The summed E-state index contributed by atoms with van der Waals surface area (Å²) in [5.41, 5.74) is 4.24. The molecular weight excluding hydrogens is 398 g/mol. The highest BCUT2D eigenvalue weighted by Gasteiger charge is 2.26. The van der Waals surface area contributed by atoms with Crippen LogP contribution in [-0.4, -0.2) is 24.1 Å². The predicted molar refractivity (Wildman–Crippen MR) is 121 cm³/mol. The van der Waals surface area contributed by atoms with E-state index in [0.29, 0.717) is 27.8 Å². The van der Waals surface area contributed by atoms with E-state index in [1.807, 2.05) is 67.6 Å². The van der Waals surface area contributed by atoms with Gasteiger partial charge in [0.2, 0.25) is 11.8 Å². The third-order valence-corrected chi connectivity index (χ3v) is 5.26. The number of carbonyl (C=O) groups is 2. The zero-order chi connectivity index (χ0) is 21.1. The number of hydrogen-bond acceptors (Lipinski definition) is 3. The highest BCUT2D eigenvalue weighted by molar-refractivity contribution is 6.34. The zero-order valence-corrected chi connectivity index (χ0v) is 17.2. The smallest absolute Gasteiger partial charge is 0.244 e. The molecule has 30 heavy (non-hydrogen) atoms. The number of nitrogens with one attached hydrogen (secondary N) is 1. The van der Waals surface area contributed by atoms with Crippen LogP contribution in [0.3, 0.4) is 0 Å². The van der Waals surface area contributed by atoms with Crippen molar-refractivity contribution in [2.24, 2.45) is 4.99 Å². The molecule has 4 rings (SSSR count). The molecule has 0 atom stereocenters. The topological polar surface area (TPSA) is 61.8 Å². The summed E-state index contributed by atoms with van der Waals surface area (Å²) in [6.07, 6.45) is 0.108. The molecule has 150 valence electrons. The average molecular weight is 418 g/mol. The third-order valence-electron chi connectivity index (χ3n) is 4.94. The van der Waals surface area contributed by atoms with Crippen LogP contribution in [0.1, 0.15) is 17.5 Å². The van der Waals surface area contributed by atoms with Crippen LogP contribution in [0.25, 0.3) is 0 Å². The standard InChI is InChI=1S/C24H20ClN3O2/c1-16-8-7-11-18(25)24(16)27-22(29)15-28-21-13-6-5-12-19(21)26-20(14-23(28)30)17-9-3-2-4-10-17/h2-13H,14-15H2,1H3,(H,27,29).